The van der Waals surface area contributed by atoms with Crippen LogP contribution in [0.4, 0.5) is 0 Å². The van der Waals surface area contributed by atoms with Crippen molar-refractivity contribution >= 4 is 0 Å². The van der Waals surface area contributed by atoms with E-state index in [2.05, 4.69) is 40.5 Å². The fraction of sp³-hybridized carbons (Fsp3) is 0.625. The van der Waals surface area contributed by atoms with Gasteiger partial charge in [-0.1, -0.05) is 58.3 Å². The van der Waals surface area contributed by atoms with Crippen LogP contribution in [0, 0.1) is 0 Å². The van der Waals surface area contributed by atoms with Gasteiger partial charge in [0.15, 0.2) is 0 Å². The Morgan fingerprint density at radius 2 is 1.12 bits per heavy atom. The molecule has 0 atom stereocenters. The lowest BCUT2D eigenvalue weighted by Gasteiger charge is -1.91. The number of allylic oxidation sites excluding steroid dienone is 3. The third kappa shape index (κ3) is 51.0. The smallest absolute Gasteiger partial charge is 0.0353 e. The fourth-order valence-corrected chi connectivity index (χ4v) is 0.715. The maximum absolute atomic E-state index is 3.66. The highest BCUT2D eigenvalue weighted by Crippen LogP contribution is 2.01. The summed E-state index contributed by atoms with van der Waals surface area (Å²) >= 11 is 0. The van der Waals surface area contributed by atoms with Gasteiger partial charge < -0.3 is 0 Å². The molecule has 0 aliphatic rings. The average Bonchev–Trinajstić information content (AvgIpc) is 2.35. The summed E-state index contributed by atoms with van der Waals surface area (Å²) in [5, 5.41) is 0. The van der Waals surface area contributed by atoms with Crippen LogP contribution in [-0.4, -0.2) is 0 Å². The predicted molar refractivity (Wildman–Crippen MR) is 79.9 cm³/mol. The molecule has 0 N–H and O–H groups in total. The van der Waals surface area contributed by atoms with Crippen LogP contribution >= 0.6 is 0 Å². The highest BCUT2D eigenvalue weighted by Gasteiger charge is 1.81. The minimum absolute atomic E-state index is 1.08. The van der Waals surface area contributed by atoms with Crippen molar-refractivity contribution in [2.24, 2.45) is 0 Å². The van der Waals surface area contributed by atoms with Crippen molar-refractivity contribution in [2.45, 2.75) is 65.7 Å². The molecule has 16 heavy (non-hydrogen) atoms. The molecule has 0 nitrogen and oxygen atoms in total. The zero-order valence-corrected chi connectivity index (χ0v) is 11.8. The number of hydrogen-bond donors (Lipinski definition) is 0. The predicted octanol–water partition coefficient (Wildman–Crippen LogP) is 6.31. The van der Waals surface area contributed by atoms with Crippen LogP contribution in [0.5, 0.6) is 0 Å². The monoisotopic (exact) mass is 224 g/mol. The Balaban J connectivity index is -0.000000179. The van der Waals surface area contributed by atoms with E-state index >= 15 is 0 Å². The summed E-state index contributed by atoms with van der Waals surface area (Å²) in [5.74, 6) is 0. The van der Waals surface area contributed by atoms with E-state index in [4.69, 9.17) is 0 Å². The van der Waals surface area contributed by atoms with Gasteiger partial charge in [-0.3, -0.25) is 0 Å². The zero-order chi connectivity index (χ0) is 13.1. The van der Waals surface area contributed by atoms with Crippen LogP contribution in [-0.2, 0) is 0 Å². The van der Waals surface area contributed by atoms with Crippen molar-refractivity contribution in [1.29, 1.82) is 0 Å². The summed E-state index contributed by atoms with van der Waals surface area (Å²) in [7, 11) is 0. The Hall–Kier alpha value is -0.780. The summed E-state index contributed by atoms with van der Waals surface area (Å²) in [6.45, 7) is 17.0. The van der Waals surface area contributed by atoms with E-state index in [-0.39, 0.29) is 0 Å². The molecule has 0 spiro atoms. The molecular weight excluding hydrogens is 192 g/mol. The second-order valence-electron chi connectivity index (χ2n) is 3.53. The molecule has 0 aromatic rings. The van der Waals surface area contributed by atoms with Gasteiger partial charge in [0.1, 0.15) is 0 Å². The van der Waals surface area contributed by atoms with Crippen LogP contribution in [0.25, 0.3) is 0 Å². The maximum atomic E-state index is 3.66. The van der Waals surface area contributed by atoms with E-state index in [1.54, 1.807) is 0 Å². The molecule has 0 rings (SSSR count). The summed E-state index contributed by atoms with van der Waals surface area (Å²) in [5.41, 5.74) is 0. The first-order valence-electron chi connectivity index (χ1n) is 6.57. The van der Waals surface area contributed by atoms with Crippen molar-refractivity contribution in [3.63, 3.8) is 0 Å². The molecule has 0 aliphatic carbocycles. The molecule has 0 aromatic heterocycles. The minimum atomic E-state index is 1.08. The number of hydrogen-bond acceptors (Lipinski definition) is 0. The topological polar surface area (TPSA) is 0 Å². The third-order valence-electron chi connectivity index (χ3n) is 1.84. The van der Waals surface area contributed by atoms with Crippen molar-refractivity contribution < 1.29 is 0 Å². The number of rotatable bonds is 7. The zero-order valence-electron chi connectivity index (χ0n) is 11.8. The van der Waals surface area contributed by atoms with E-state index in [9.17, 15) is 0 Å². The second-order valence-corrected chi connectivity index (χ2v) is 3.53. The molecule has 0 radical (unpaired) electrons. The molecule has 0 unspecified atom stereocenters. The Morgan fingerprint density at radius 3 is 1.38 bits per heavy atom. The highest BCUT2D eigenvalue weighted by atomic mass is 13.9. The molecule has 0 saturated heterocycles. The van der Waals surface area contributed by atoms with Gasteiger partial charge in [-0.05, 0) is 25.7 Å². The standard InChI is InChI=1S/C8H16.2C4H8/c1-3-5-7-8-6-4-2;2*1-3-4-2/h3H,1,4-8H2,2H3;2*3H,1,4H2,2H3. The summed E-state index contributed by atoms with van der Waals surface area (Å²) < 4.78 is 0. The van der Waals surface area contributed by atoms with Crippen molar-refractivity contribution in [2.75, 3.05) is 0 Å². The van der Waals surface area contributed by atoms with E-state index in [0.717, 1.165) is 12.8 Å². The van der Waals surface area contributed by atoms with Crippen molar-refractivity contribution in [3.8, 4) is 0 Å². The summed E-state index contributed by atoms with van der Waals surface area (Å²) in [6.07, 6.45) is 14.5. The van der Waals surface area contributed by atoms with Gasteiger partial charge in [0.2, 0.25) is 0 Å². The largest absolute Gasteiger partial charge is 0.103 e. The summed E-state index contributed by atoms with van der Waals surface area (Å²) in [4.78, 5) is 0. The molecule has 0 aliphatic heterocycles. The quantitative estimate of drug-likeness (QED) is 0.351. The first-order valence-corrected chi connectivity index (χ1v) is 6.57. The third-order valence-corrected chi connectivity index (χ3v) is 1.84. The molecular formula is C16H32. The Labute approximate surface area is 104 Å². The normalized spacial score (nSPS) is 7.69. The highest BCUT2D eigenvalue weighted by molar-refractivity contribution is 4.65. The van der Waals surface area contributed by atoms with Gasteiger partial charge >= 0.3 is 0 Å². The van der Waals surface area contributed by atoms with E-state index in [0.29, 0.717) is 0 Å². The van der Waals surface area contributed by atoms with Crippen molar-refractivity contribution in [3.05, 3.63) is 38.0 Å². The first kappa shape index (κ1) is 20.6. The van der Waals surface area contributed by atoms with Gasteiger partial charge in [-0.15, -0.1) is 19.7 Å². The first-order chi connectivity index (χ1) is 7.74. The maximum Gasteiger partial charge on any atom is -0.0353 e. The van der Waals surface area contributed by atoms with Gasteiger partial charge in [0.05, 0.1) is 0 Å². The summed E-state index contributed by atoms with van der Waals surface area (Å²) in [6, 6.07) is 0. The number of unbranched alkanes of at least 4 members (excludes halogenated alkanes) is 4. The van der Waals surface area contributed by atoms with E-state index in [1.807, 2.05) is 18.2 Å². The van der Waals surface area contributed by atoms with E-state index in [1.165, 1.54) is 32.1 Å². The molecule has 0 fully saturated rings. The SMILES string of the molecule is C=CCC.C=CCC.C=CCCCCCC. The van der Waals surface area contributed by atoms with Crippen LogP contribution < -0.4 is 0 Å². The van der Waals surface area contributed by atoms with Crippen LogP contribution in [0.3, 0.4) is 0 Å². The molecule has 0 saturated carbocycles. The second kappa shape index (κ2) is 29.2. The van der Waals surface area contributed by atoms with Crippen LogP contribution in [0.1, 0.15) is 65.7 Å². The van der Waals surface area contributed by atoms with Crippen LogP contribution in [0.2, 0.25) is 0 Å². The average molecular weight is 224 g/mol. The molecule has 0 aromatic carbocycles. The van der Waals surface area contributed by atoms with Gasteiger partial charge in [-0.2, -0.15) is 0 Å². The fourth-order valence-electron chi connectivity index (χ4n) is 0.715. The Kier molecular flexibility index (Phi) is 37.7. The molecule has 0 heteroatoms. The molecule has 0 bridgehead atoms. The lowest BCUT2D eigenvalue weighted by atomic mass is 10.2. The minimum Gasteiger partial charge on any atom is -0.103 e. The van der Waals surface area contributed by atoms with Gasteiger partial charge in [0.25, 0.3) is 0 Å². The molecule has 0 heterocycles. The van der Waals surface area contributed by atoms with Gasteiger partial charge in [0, 0.05) is 0 Å². The Bertz CT molecular complexity index is 114. The molecule has 0 amide bonds. The van der Waals surface area contributed by atoms with Crippen LogP contribution in [0.15, 0.2) is 38.0 Å². The lowest BCUT2D eigenvalue weighted by Crippen LogP contribution is -1.71. The van der Waals surface area contributed by atoms with Crippen molar-refractivity contribution in [1.82, 2.24) is 0 Å². The van der Waals surface area contributed by atoms with Gasteiger partial charge in [-0.25, -0.2) is 0 Å². The molecule has 96 valence electrons. The van der Waals surface area contributed by atoms with E-state index < -0.39 is 0 Å². The Morgan fingerprint density at radius 1 is 0.688 bits per heavy atom. The lowest BCUT2D eigenvalue weighted by molar-refractivity contribution is 0.675.